The van der Waals surface area contributed by atoms with Gasteiger partial charge in [-0.15, -0.1) is 0 Å². The van der Waals surface area contributed by atoms with Crippen LogP contribution in [0.25, 0.3) is 11.0 Å². The number of hydrogen-bond donors (Lipinski definition) is 1. The molecule has 0 aliphatic carbocycles. The van der Waals surface area contributed by atoms with E-state index in [0.29, 0.717) is 24.3 Å². The van der Waals surface area contributed by atoms with Crippen molar-refractivity contribution in [3.8, 4) is 0 Å². The maximum absolute atomic E-state index is 12.9. The lowest BCUT2D eigenvalue weighted by Gasteiger charge is -2.48. The minimum Gasteiger partial charge on any atom is -0.378 e. The summed E-state index contributed by atoms with van der Waals surface area (Å²) in [6, 6.07) is 6.28. The van der Waals surface area contributed by atoms with E-state index in [1.807, 2.05) is 23.1 Å². The van der Waals surface area contributed by atoms with Gasteiger partial charge in [0.2, 0.25) is 0 Å². The number of carbonyl (C=O) groups is 1. The fraction of sp³-hybridized carbons (Fsp3) is 0.588. The summed E-state index contributed by atoms with van der Waals surface area (Å²) >= 11 is 0. The van der Waals surface area contributed by atoms with Gasteiger partial charge in [-0.1, -0.05) is 13.3 Å². The number of aromatic nitrogens is 3. The molecule has 7 nitrogen and oxygen atoms in total. The van der Waals surface area contributed by atoms with E-state index >= 15 is 0 Å². The Morgan fingerprint density at radius 3 is 3.04 bits per heavy atom. The Kier molecular flexibility index (Phi) is 4.20. The second-order valence-electron chi connectivity index (χ2n) is 6.65. The van der Waals surface area contributed by atoms with Crippen LogP contribution in [-0.4, -0.2) is 76.0 Å². The van der Waals surface area contributed by atoms with E-state index in [2.05, 4.69) is 27.2 Å². The fourth-order valence-corrected chi connectivity index (χ4v) is 3.86. The van der Waals surface area contributed by atoms with Crippen molar-refractivity contribution in [1.29, 1.82) is 0 Å². The van der Waals surface area contributed by atoms with Crippen LogP contribution in [0.4, 0.5) is 0 Å². The normalized spacial score (nSPS) is 25.0. The predicted molar refractivity (Wildman–Crippen MR) is 89.8 cm³/mol. The van der Waals surface area contributed by atoms with Crippen LogP contribution in [0, 0.1) is 0 Å². The van der Waals surface area contributed by atoms with Gasteiger partial charge in [0.25, 0.3) is 5.91 Å². The number of fused-ring (bicyclic) bond motifs is 2. The highest BCUT2D eigenvalue weighted by Gasteiger charge is 2.36. The van der Waals surface area contributed by atoms with Gasteiger partial charge < -0.3 is 9.64 Å². The van der Waals surface area contributed by atoms with Gasteiger partial charge in [-0.05, 0) is 24.6 Å². The maximum atomic E-state index is 12.9. The van der Waals surface area contributed by atoms with Crippen LogP contribution < -0.4 is 0 Å². The summed E-state index contributed by atoms with van der Waals surface area (Å²) in [5.74, 6) is 0.0668. The second kappa shape index (κ2) is 6.49. The zero-order valence-corrected chi connectivity index (χ0v) is 13.9. The van der Waals surface area contributed by atoms with Crippen molar-refractivity contribution in [1.82, 2.24) is 25.2 Å². The van der Waals surface area contributed by atoms with Crippen LogP contribution in [0.2, 0.25) is 0 Å². The smallest absolute Gasteiger partial charge is 0.254 e. The third-order valence-electron chi connectivity index (χ3n) is 5.09. The first-order chi connectivity index (χ1) is 11.8. The number of ether oxygens (including phenoxy) is 1. The zero-order valence-electron chi connectivity index (χ0n) is 13.9. The van der Waals surface area contributed by atoms with Crippen molar-refractivity contribution in [2.75, 3.05) is 32.8 Å². The van der Waals surface area contributed by atoms with Gasteiger partial charge in [-0.2, -0.15) is 15.4 Å². The molecule has 128 valence electrons. The van der Waals surface area contributed by atoms with Crippen LogP contribution in [-0.2, 0) is 4.74 Å². The number of nitrogens with one attached hydrogen (secondary N) is 1. The minimum atomic E-state index is 0.0668. The number of amides is 1. The maximum Gasteiger partial charge on any atom is 0.254 e. The van der Waals surface area contributed by atoms with Crippen molar-refractivity contribution in [3.05, 3.63) is 23.8 Å². The van der Waals surface area contributed by atoms with Gasteiger partial charge in [-0.25, -0.2) is 0 Å². The van der Waals surface area contributed by atoms with Gasteiger partial charge >= 0.3 is 0 Å². The summed E-state index contributed by atoms with van der Waals surface area (Å²) in [5.41, 5.74) is 2.18. The van der Waals surface area contributed by atoms with Crippen LogP contribution in [0.1, 0.15) is 30.1 Å². The molecule has 0 spiro atoms. The molecule has 0 bridgehead atoms. The van der Waals surface area contributed by atoms with E-state index in [-0.39, 0.29) is 5.91 Å². The molecule has 0 unspecified atom stereocenters. The van der Waals surface area contributed by atoms with Crippen molar-refractivity contribution in [2.45, 2.75) is 31.8 Å². The number of H-pyrrole nitrogens is 1. The van der Waals surface area contributed by atoms with Gasteiger partial charge in [0, 0.05) is 31.2 Å². The molecule has 0 radical (unpaired) electrons. The highest BCUT2D eigenvalue weighted by Crippen LogP contribution is 2.23. The molecule has 3 heterocycles. The number of rotatable bonds is 3. The first-order valence-electron chi connectivity index (χ1n) is 8.69. The first-order valence-corrected chi connectivity index (χ1v) is 8.69. The highest BCUT2D eigenvalue weighted by molar-refractivity contribution is 5.97. The lowest BCUT2D eigenvalue weighted by Crippen LogP contribution is -2.62. The molecule has 1 aromatic carbocycles. The lowest BCUT2D eigenvalue weighted by molar-refractivity contribution is -0.0776. The van der Waals surface area contributed by atoms with E-state index in [1.165, 1.54) is 0 Å². The van der Waals surface area contributed by atoms with Gasteiger partial charge in [0.1, 0.15) is 11.0 Å². The Labute approximate surface area is 140 Å². The summed E-state index contributed by atoms with van der Waals surface area (Å²) < 4.78 is 5.78. The van der Waals surface area contributed by atoms with E-state index in [9.17, 15) is 4.79 Å². The number of morpholine rings is 1. The van der Waals surface area contributed by atoms with Crippen molar-refractivity contribution >= 4 is 16.9 Å². The van der Waals surface area contributed by atoms with Crippen LogP contribution >= 0.6 is 0 Å². The SMILES string of the molecule is CCC[C@H]1COC[C@H]2CN(C(=O)c3ccc4n[nH]nc4c3)CCN12. The average Bonchev–Trinajstić information content (AvgIpc) is 3.09. The second-order valence-corrected chi connectivity index (χ2v) is 6.65. The van der Waals surface area contributed by atoms with E-state index < -0.39 is 0 Å². The number of carbonyl (C=O) groups excluding carboxylic acids is 1. The van der Waals surface area contributed by atoms with Crippen LogP contribution in [0.3, 0.4) is 0 Å². The molecular weight excluding hydrogens is 306 g/mol. The van der Waals surface area contributed by atoms with Crippen molar-refractivity contribution < 1.29 is 9.53 Å². The molecule has 2 fully saturated rings. The Bertz CT molecular complexity index is 729. The van der Waals surface area contributed by atoms with Crippen molar-refractivity contribution in [3.63, 3.8) is 0 Å². The Morgan fingerprint density at radius 2 is 2.17 bits per heavy atom. The van der Waals surface area contributed by atoms with Gasteiger partial charge in [0.05, 0.1) is 19.3 Å². The molecule has 4 rings (SSSR count). The molecule has 2 aromatic rings. The van der Waals surface area contributed by atoms with Gasteiger partial charge in [-0.3, -0.25) is 9.69 Å². The molecule has 1 N–H and O–H groups in total. The summed E-state index contributed by atoms with van der Waals surface area (Å²) in [4.78, 5) is 17.3. The predicted octanol–water partition coefficient (Wildman–Crippen LogP) is 1.28. The number of aromatic amines is 1. The Morgan fingerprint density at radius 1 is 1.29 bits per heavy atom. The molecule has 1 amide bonds. The third kappa shape index (κ3) is 2.78. The average molecular weight is 329 g/mol. The van der Waals surface area contributed by atoms with Gasteiger partial charge in [0.15, 0.2) is 0 Å². The number of nitrogens with zero attached hydrogens (tertiary/aromatic N) is 4. The van der Waals surface area contributed by atoms with Crippen LogP contribution in [0.15, 0.2) is 18.2 Å². The number of hydrogen-bond acceptors (Lipinski definition) is 5. The quantitative estimate of drug-likeness (QED) is 0.918. The lowest BCUT2D eigenvalue weighted by atomic mass is 10.0. The summed E-state index contributed by atoms with van der Waals surface area (Å²) in [5, 5.41) is 10.7. The molecule has 1 aromatic heterocycles. The Balaban J connectivity index is 1.48. The zero-order chi connectivity index (χ0) is 16.5. The summed E-state index contributed by atoms with van der Waals surface area (Å²) in [6.07, 6.45) is 2.32. The first kappa shape index (κ1) is 15.5. The monoisotopic (exact) mass is 329 g/mol. The molecule has 24 heavy (non-hydrogen) atoms. The number of piperazine rings is 1. The molecule has 7 heteroatoms. The van der Waals surface area contributed by atoms with Crippen LogP contribution in [0.5, 0.6) is 0 Å². The standard InChI is InChI=1S/C17H23N5O2/c1-2-3-13-10-24-11-14-9-21(6-7-22(13)14)17(23)12-4-5-15-16(8-12)19-20-18-15/h4-5,8,13-14H,2-3,6-7,9-11H2,1H3,(H,18,19,20)/t13-,14+/m0/s1. The molecule has 2 aliphatic rings. The molecule has 0 saturated carbocycles. The van der Waals surface area contributed by atoms with Crippen molar-refractivity contribution in [2.24, 2.45) is 0 Å². The third-order valence-corrected chi connectivity index (χ3v) is 5.09. The van der Waals surface area contributed by atoms with E-state index in [0.717, 1.165) is 50.1 Å². The molecular formula is C17H23N5O2. The molecule has 2 atom stereocenters. The molecule has 2 aliphatic heterocycles. The fourth-order valence-electron chi connectivity index (χ4n) is 3.86. The number of benzene rings is 1. The minimum absolute atomic E-state index is 0.0668. The highest BCUT2D eigenvalue weighted by atomic mass is 16.5. The summed E-state index contributed by atoms with van der Waals surface area (Å²) in [6.45, 7) is 6.18. The Hall–Kier alpha value is -1.99. The topological polar surface area (TPSA) is 74.3 Å². The van der Waals surface area contributed by atoms with E-state index in [1.54, 1.807) is 0 Å². The largest absolute Gasteiger partial charge is 0.378 e. The van der Waals surface area contributed by atoms with E-state index in [4.69, 9.17) is 4.74 Å². The summed E-state index contributed by atoms with van der Waals surface area (Å²) in [7, 11) is 0. The molecule has 2 saturated heterocycles.